The van der Waals surface area contributed by atoms with Crippen LogP contribution in [-0.4, -0.2) is 25.5 Å². The molecule has 0 unspecified atom stereocenters. The molecule has 0 N–H and O–H groups in total. The van der Waals surface area contributed by atoms with E-state index in [2.05, 4.69) is 15.1 Å². The fourth-order valence-corrected chi connectivity index (χ4v) is 2.66. The Hall–Kier alpha value is -3.34. The van der Waals surface area contributed by atoms with Crippen molar-refractivity contribution in [2.45, 2.75) is 0 Å². The first-order valence-electron chi connectivity index (χ1n) is 7.65. The molecule has 0 aliphatic carbocycles. The van der Waals surface area contributed by atoms with Gasteiger partial charge < -0.3 is 0 Å². The normalized spacial score (nSPS) is 10.7. The molecule has 0 saturated heterocycles. The van der Waals surface area contributed by atoms with E-state index < -0.39 is 0 Å². The second-order valence-corrected chi connectivity index (χ2v) is 5.40. The predicted molar refractivity (Wildman–Crippen MR) is 94.5 cm³/mol. The summed E-state index contributed by atoms with van der Waals surface area (Å²) in [6.45, 7) is 0. The molecule has 0 saturated carbocycles. The molecule has 24 heavy (non-hydrogen) atoms. The first-order valence-corrected chi connectivity index (χ1v) is 7.65. The van der Waals surface area contributed by atoms with Crippen LogP contribution >= 0.6 is 0 Å². The van der Waals surface area contributed by atoms with E-state index in [1.54, 1.807) is 10.9 Å². The lowest BCUT2D eigenvalue weighted by Gasteiger charge is -2.06. The molecule has 4 rings (SSSR count). The molecule has 116 valence electrons. The van der Waals surface area contributed by atoms with Crippen LogP contribution in [0.1, 0.15) is 11.1 Å². The second kappa shape index (κ2) is 6.04. The van der Waals surface area contributed by atoms with Crippen LogP contribution in [0.3, 0.4) is 0 Å². The van der Waals surface area contributed by atoms with Gasteiger partial charge in [-0.1, -0.05) is 60.7 Å². The largest absolute Gasteiger partial charge is 0.248 e. The summed E-state index contributed by atoms with van der Waals surface area (Å²) in [6.07, 6.45) is 3.27. The van der Waals surface area contributed by atoms with Crippen molar-refractivity contribution in [3.8, 4) is 0 Å². The Kier molecular flexibility index (Phi) is 3.59. The van der Waals surface area contributed by atoms with Gasteiger partial charge in [-0.25, -0.2) is 19.6 Å². The molecular weight excluding hydrogens is 298 g/mol. The minimum atomic E-state index is 0.621. The molecule has 2 aromatic carbocycles. The molecule has 0 fully saturated rings. The lowest BCUT2D eigenvalue weighted by molar-refractivity contribution is 0.786. The number of fused-ring (bicyclic) bond motifs is 1. The predicted octanol–water partition coefficient (Wildman–Crippen LogP) is 3.53. The summed E-state index contributed by atoms with van der Waals surface area (Å²) in [5.41, 5.74) is 3.72. The van der Waals surface area contributed by atoms with Gasteiger partial charge in [-0.3, -0.25) is 0 Å². The Bertz CT molecular complexity index is 962. The van der Waals surface area contributed by atoms with Gasteiger partial charge in [0.25, 0.3) is 0 Å². The van der Waals surface area contributed by atoms with Gasteiger partial charge in [-0.2, -0.15) is 5.10 Å². The molecule has 0 bridgehead atoms. The van der Waals surface area contributed by atoms with Gasteiger partial charge in [-0.15, -0.1) is 0 Å². The van der Waals surface area contributed by atoms with Crippen LogP contribution < -0.4 is 0 Å². The van der Waals surface area contributed by atoms with Gasteiger partial charge in [0.05, 0.1) is 11.1 Å². The number of hydrogen-bond donors (Lipinski definition) is 0. The third kappa shape index (κ3) is 2.56. The summed E-state index contributed by atoms with van der Waals surface area (Å²) in [7, 11) is 1.86. The summed E-state index contributed by atoms with van der Waals surface area (Å²) >= 11 is 0. The van der Waals surface area contributed by atoms with E-state index in [-0.39, 0.29) is 0 Å². The lowest BCUT2D eigenvalue weighted by Crippen LogP contribution is -2.02. The molecule has 0 aliphatic rings. The molecule has 0 radical (unpaired) electrons. The number of nitrogens with zero attached hydrogens (tertiary/aromatic N) is 5. The molecule has 5 nitrogen and oxygen atoms in total. The lowest BCUT2D eigenvalue weighted by atomic mass is 10.0. The standard InChI is InChI=1S/C19H15N5/c1-24-19-16(12-20-13-21-19)18(23-24)22-17(14-8-4-2-5-9-14)15-10-6-3-7-11-15/h2-13H,1H3. The van der Waals surface area contributed by atoms with Crippen LogP contribution in [0.25, 0.3) is 11.0 Å². The quantitative estimate of drug-likeness (QED) is 0.544. The zero-order chi connectivity index (χ0) is 16.4. The van der Waals surface area contributed by atoms with Crippen molar-refractivity contribution < 1.29 is 0 Å². The van der Waals surface area contributed by atoms with Crippen molar-refractivity contribution in [1.29, 1.82) is 0 Å². The minimum absolute atomic E-state index is 0.621. The topological polar surface area (TPSA) is 56.0 Å². The molecule has 0 atom stereocenters. The van der Waals surface area contributed by atoms with Crippen molar-refractivity contribution in [3.05, 3.63) is 84.3 Å². The van der Waals surface area contributed by atoms with Gasteiger partial charge in [-0.05, 0) is 0 Å². The number of benzene rings is 2. The third-order valence-electron chi connectivity index (χ3n) is 3.80. The number of hydrogen-bond acceptors (Lipinski definition) is 4. The van der Waals surface area contributed by atoms with E-state index in [1.165, 1.54) is 6.33 Å². The van der Waals surface area contributed by atoms with Gasteiger partial charge in [0.1, 0.15) is 6.33 Å². The van der Waals surface area contributed by atoms with Gasteiger partial charge in [0.15, 0.2) is 11.5 Å². The summed E-state index contributed by atoms with van der Waals surface area (Å²) in [4.78, 5) is 13.2. The highest BCUT2D eigenvalue weighted by atomic mass is 15.3. The van der Waals surface area contributed by atoms with Crippen LogP contribution in [0.4, 0.5) is 5.82 Å². The minimum Gasteiger partial charge on any atom is -0.248 e. The molecule has 0 amide bonds. The van der Waals surface area contributed by atoms with Crippen molar-refractivity contribution >= 4 is 22.6 Å². The number of aryl methyl sites for hydroxylation is 1. The smallest absolute Gasteiger partial charge is 0.185 e. The highest BCUT2D eigenvalue weighted by molar-refractivity contribution is 6.14. The van der Waals surface area contributed by atoms with Crippen LogP contribution in [0.15, 0.2) is 78.2 Å². The average molecular weight is 313 g/mol. The highest BCUT2D eigenvalue weighted by Gasteiger charge is 2.12. The third-order valence-corrected chi connectivity index (χ3v) is 3.80. The van der Waals surface area contributed by atoms with E-state index in [0.29, 0.717) is 5.82 Å². The van der Waals surface area contributed by atoms with Crippen molar-refractivity contribution in [1.82, 2.24) is 19.7 Å². The summed E-state index contributed by atoms with van der Waals surface area (Å²) in [5.74, 6) is 0.621. The number of rotatable bonds is 3. The maximum absolute atomic E-state index is 4.85. The van der Waals surface area contributed by atoms with Crippen molar-refractivity contribution in [2.24, 2.45) is 12.0 Å². The SMILES string of the molecule is Cn1nc(N=C(c2ccccc2)c2ccccc2)c2cncnc21. The Labute approximate surface area is 139 Å². The molecule has 2 heterocycles. The van der Waals surface area contributed by atoms with Crippen molar-refractivity contribution in [2.75, 3.05) is 0 Å². The summed E-state index contributed by atoms with van der Waals surface area (Å²) in [5, 5.41) is 5.34. The van der Waals surface area contributed by atoms with E-state index in [0.717, 1.165) is 27.9 Å². The highest BCUT2D eigenvalue weighted by Crippen LogP contribution is 2.24. The maximum atomic E-state index is 4.85. The Morgan fingerprint density at radius 1 is 0.917 bits per heavy atom. The van der Waals surface area contributed by atoms with Gasteiger partial charge >= 0.3 is 0 Å². The maximum Gasteiger partial charge on any atom is 0.185 e. The number of aromatic nitrogens is 4. The Morgan fingerprint density at radius 3 is 2.17 bits per heavy atom. The monoisotopic (exact) mass is 313 g/mol. The average Bonchev–Trinajstić information content (AvgIpc) is 2.97. The molecule has 0 spiro atoms. The summed E-state index contributed by atoms with van der Waals surface area (Å²) < 4.78 is 1.73. The second-order valence-electron chi connectivity index (χ2n) is 5.40. The van der Waals surface area contributed by atoms with E-state index >= 15 is 0 Å². The molecule has 2 aromatic heterocycles. The Balaban J connectivity index is 1.94. The van der Waals surface area contributed by atoms with Crippen LogP contribution in [0.5, 0.6) is 0 Å². The number of aliphatic imine (C=N–C) groups is 1. The molecular formula is C19H15N5. The Morgan fingerprint density at radius 2 is 1.54 bits per heavy atom. The van der Waals surface area contributed by atoms with Crippen LogP contribution in [0, 0.1) is 0 Å². The van der Waals surface area contributed by atoms with E-state index in [1.807, 2.05) is 67.7 Å². The van der Waals surface area contributed by atoms with Gasteiger partial charge in [0.2, 0.25) is 0 Å². The summed E-state index contributed by atoms with van der Waals surface area (Å²) in [6, 6.07) is 20.2. The van der Waals surface area contributed by atoms with E-state index in [4.69, 9.17) is 4.99 Å². The molecule has 4 aromatic rings. The van der Waals surface area contributed by atoms with Gasteiger partial charge in [0, 0.05) is 24.4 Å². The van der Waals surface area contributed by atoms with Crippen LogP contribution in [0.2, 0.25) is 0 Å². The van der Waals surface area contributed by atoms with Crippen molar-refractivity contribution in [3.63, 3.8) is 0 Å². The fraction of sp³-hybridized carbons (Fsp3) is 0.0526. The zero-order valence-electron chi connectivity index (χ0n) is 13.2. The fourth-order valence-electron chi connectivity index (χ4n) is 2.66. The van der Waals surface area contributed by atoms with E-state index in [9.17, 15) is 0 Å². The zero-order valence-corrected chi connectivity index (χ0v) is 13.2. The van der Waals surface area contributed by atoms with Crippen LogP contribution in [-0.2, 0) is 7.05 Å². The molecule has 5 heteroatoms. The first-order chi connectivity index (χ1) is 11.8. The molecule has 0 aliphatic heterocycles. The first kappa shape index (κ1) is 14.3.